The molecule has 0 aliphatic carbocycles. The van der Waals surface area contributed by atoms with E-state index < -0.39 is 0 Å². The van der Waals surface area contributed by atoms with Gasteiger partial charge in [-0.05, 0) is 22.9 Å². The average molecular weight is 192 g/mol. The molecule has 0 aliphatic rings. The predicted molar refractivity (Wildman–Crippen MR) is 43.3 cm³/mol. The summed E-state index contributed by atoms with van der Waals surface area (Å²) in [6.45, 7) is 1.79. The van der Waals surface area contributed by atoms with Crippen LogP contribution in [0.5, 0.6) is 0 Å². The van der Waals surface area contributed by atoms with Gasteiger partial charge in [-0.15, -0.1) is 0 Å². The lowest BCUT2D eigenvalue weighted by Gasteiger charge is -1.92. The molecule has 0 heterocycles. The SMILES string of the molecule is CC(N)/N=C/C(Br)=C\N. The van der Waals surface area contributed by atoms with Crippen molar-refractivity contribution in [2.24, 2.45) is 16.5 Å². The monoisotopic (exact) mass is 191 g/mol. The van der Waals surface area contributed by atoms with E-state index in [4.69, 9.17) is 11.5 Å². The van der Waals surface area contributed by atoms with E-state index in [1.165, 1.54) is 6.20 Å². The molecule has 0 saturated heterocycles. The van der Waals surface area contributed by atoms with Crippen molar-refractivity contribution in [1.82, 2.24) is 0 Å². The molecule has 4 N–H and O–H groups in total. The van der Waals surface area contributed by atoms with E-state index in [0.717, 1.165) is 4.48 Å². The van der Waals surface area contributed by atoms with Crippen molar-refractivity contribution in [2.45, 2.75) is 13.1 Å². The molecule has 0 aromatic rings. The molecule has 0 fully saturated rings. The molecule has 0 amide bonds. The quantitative estimate of drug-likeness (QED) is 0.627. The summed E-state index contributed by atoms with van der Waals surface area (Å²) in [5.74, 6) is 0. The summed E-state index contributed by atoms with van der Waals surface area (Å²) >= 11 is 3.14. The Hall–Kier alpha value is -0.350. The molecule has 1 unspecified atom stereocenters. The Balaban J connectivity index is 3.71. The highest BCUT2D eigenvalue weighted by Crippen LogP contribution is 1.97. The van der Waals surface area contributed by atoms with E-state index in [1.807, 2.05) is 0 Å². The van der Waals surface area contributed by atoms with E-state index in [0.29, 0.717) is 0 Å². The van der Waals surface area contributed by atoms with Crippen LogP contribution in [0, 0.1) is 0 Å². The molecule has 3 nitrogen and oxygen atoms in total. The number of rotatable bonds is 2. The van der Waals surface area contributed by atoms with Gasteiger partial charge < -0.3 is 11.5 Å². The van der Waals surface area contributed by atoms with Gasteiger partial charge in [0.1, 0.15) is 0 Å². The van der Waals surface area contributed by atoms with Crippen LogP contribution in [-0.2, 0) is 0 Å². The largest absolute Gasteiger partial charge is 0.404 e. The van der Waals surface area contributed by atoms with Crippen LogP contribution >= 0.6 is 15.9 Å². The van der Waals surface area contributed by atoms with E-state index in [1.54, 1.807) is 13.1 Å². The standard InChI is InChI=1S/C5H10BrN3/c1-4(8)9-3-5(6)2-7/h2-4H,7-8H2,1H3/b5-2+,9-3+. The third-order valence-corrected chi connectivity index (χ3v) is 1.06. The van der Waals surface area contributed by atoms with Gasteiger partial charge in [0.2, 0.25) is 0 Å². The van der Waals surface area contributed by atoms with Gasteiger partial charge in [-0.2, -0.15) is 0 Å². The van der Waals surface area contributed by atoms with Crippen molar-refractivity contribution in [1.29, 1.82) is 0 Å². The van der Waals surface area contributed by atoms with Crippen LogP contribution in [0.15, 0.2) is 15.7 Å². The maximum Gasteiger partial charge on any atom is 0.0941 e. The Bertz CT molecular complexity index is 128. The fraction of sp³-hybridized carbons (Fsp3) is 0.400. The molecule has 1 atom stereocenters. The molecular weight excluding hydrogens is 182 g/mol. The van der Waals surface area contributed by atoms with Gasteiger partial charge in [-0.1, -0.05) is 0 Å². The number of hydrogen-bond donors (Lipinski definition) is 2. The minimum absolute atomic E-state index is 0.169. The molecular formula is C5H10BrN3. The molecule has 0 aliphatic heterocycles. The Morgan fingerprint density at radius 2 is 2.33 bits per heavy atom. The van der Waals surface area contributed by atoms with E-state index in [-0.39, 0.29) is 6.17 Å². The third-order valence-electron chi connectivity index (χ3n) is 0.592. The second-order valence-electron chi connectivity index (χ2n) is 1.57. The molecule has 9 heavy (non-hydrogen) atoms. The molecule has 0 rings (SSSR count). The molecule has 0 aromatic carbocycles. The number of aliphatic imine (C=N–C) groups is 1. The lowest BCUT2D eigenvalue weighted by molar-refractivity contribution is 0.797. The lowest BCUT2D eigenvalue weighted by atomic mass is 10.6. The number of allylic oxidation sites excluding steroid dienone is 1. The number of halogens is 1. The Kier molecular flexibility index (Phi) is 4.35. The van der Waals surface area contributed by atoms with Gasteiger partial charge in [0.05, 0.1) is 10.6 Å². The zero-order valence-electron chi connectivity index (χ0n) is 5.21. The summed E-state index contributed by atoms with van der Waals surface area (Å²) in [7, 11) is 0. The molecule has 0 spiro atoms. The maximum absolute atomic E-state index is 5.31. The Morgan fingerprint density at radius 1 is 1.78 bits per heavy atom. The van der Waals surface area contributed by atoms with E-state index in [2.05, 4.69) is 20.9 Å². The molecule has 4 heteroatoms. The first-order chi connectivity index (χ1) is 4.16. The van der Waals surface area contributed by atoms with Crippen molar-refractivity contribution in [3.63, 3.8) is 0 Å². The highest BCUT2D eigenvalue weighted by Gasteiger charge is 1.84. The molecule has 52 valence electrons. The van der Waals surface area contributed by atoms with Crippen LogP contribution in [0.3, 0.4) is 0 Å². The molecule has 0 saturated carbocycles. The first-order valence-electron chi connectivity index (χ1n) is 2.53. The fourth-order valence-electron chi connectivity index (χ4n) is 0.232. The summed E-state index contributed by atoms with van der Waals surface area (Å²) in [4.78, 5) is 3.85. The van der Waals surface area contributed by atoms with Crippen LogP contribution in [-0.4, -0.2) is 12.4 Å². The van der Waals surface area contributed by atoms with Crippen molar-refractivity contribution in [3.8, 4) is 0 Å². The number of hydrogen-bond acceptors (Lipinski definition) is 3. The smallest absolute Gasteiger partial charge is 0.0941 e. The van der Waals surface area contributed by atoms with E-state index >= 15 is 0 Å². The van der Waals surface area contributed by atoms with Crippen molar-refractivity contribution in [2.75, 3.05) is 0 Å². The second-order valence-corrected chi connectivity index (χ2v) is 2.49. The topological polar surface area (TPSA) is 64.4 Å². The van der Waals surface area contributed by atoms with Crippen LogP contribution in [0.4, 0.5) is 0 Å². The van der Waals surface area contributed by atoms with Gasteiger partial charge in [0.15, 0.2) is 0 Å². The first kappa shape index (κ1) is 8.65. The predicted octanol–water partition coefficient (Wildman–Crippen LogP) is 0.557. The van der Waals surface area contributed by atoms with Crippen molar-refractivity contribution < 1.29 is 0 Å². The number of nitrogens with zero attached hydrogens (tertiary/aromatic N) is 1. The van der Waals surface area contributed by atoms with Gasteiger partial charge in [0.25, 0.3) is 0 Å². The fourth-order valence-corrected chi connectivity index (χ4v) is 0.350. The van der Waals surface area contributed by atoms with Crippen LogP contribution < -0.4 is 11.5 Å². The molecule has 0 bridgehead atoms. The summed E-state index contributed by atoms with van der Waals surface area (Å²) in [5.41, 5.74) is 10.4. The molecule has 0 radical (unpaired) electrons. The lowest BCUT2D eigenvalue weighted by Crippen LogP contribution is -2.10. The first-order valence-corrected chi connectivity index (χ1v) is 3.32. The zero-order valence-corrected chi connectivity index (χ0v) is 6.80. The Labute approximate surface area is 63.0 Å². The Morgan fingerprint density at radius 3 is 2.67 bits per heavy atom. The third kappa shape index (κ3) is 5.52. The van der Waals surface area contributed by atoms with Gasteiger partial charge >= 0.3 is 0 Å². The summed E-state index contributed by atoms with van der Waals surface area (Å²) in [6, 6.07) is 0. The highest BCUT2D eigenvalue weighted by atomic mass is 79.9. The number of nitrogens with two attached hydrogens (primary N) is 2. The van der Waals surface area contributed by atoms with Crippen LogP contribution in [0.2, 0.25) is 0 Å². The second kappa shape index (κ2) is 4.52. The van der Waals surface area contributed by atoms with E-state index in [9.17, 15) is 0 Å². The normalized spacial score (nSPS) is 16.6. The minimum Gasteiger partial charge on any atom is -0.404 e. The molecule has 0 aromatic heterocycles. The van der Waals surface area contributed by atoms with Gasteiger partial charge in [-0.3, -0.25) is 4.99 Å². The van der Waals surface area contributed by atoms with Crippen LogP contribution in [0.25, 0.3) is 0 Å². The summed E-state index contributed by atoms with van der Waals surface area (Å²) < 4.78 is 0.736. The average Bonchev–Trinajstić information content (AvgIpc) is 1.83. The summed E-state index contributed by atoms with van der Waals surface area (Å²) in [5, 5.41) is 0. The zero-order chi connectivity index (χ0) is 7.28. The van der Waals surface area contributed by atoms with Gasteiger partial charge in [-0.25, -0.2) is 0 Å². The summed E-state index contributed by atoms with van der Waals surface area (Å²) in [6.07, 6.45) is 2.81. The maximum atomic E-state index is 5.31. The highest BCUT2D eigenvalue weighted by molar-refractivity contribution is 9.12. The van der Waals surface area contributed by atoms with Crippen molar-refractivity contribution >= 4 is 22.1 Å². The minimum atomic E-state index is -0.169. The van der Waals surface area contributed by atoms with Crippen LogP contribution in [0.1, 0.15) is 6.92 Å². The van der Waals surface area contributed by atoms with Crippen molar-refractivity contribution in [3.05, 3.63) is 10.7 Å². The van der Waals surface area contributed by atoms with Gasteiger partial charge in [0, 0.05) is 12.4 Å².